The molecule has 10 heteroatoms. The molecule has 0 saturated heterocycles. The van der Waals surface area contributed by atoms with Crippen molar-refractivity contribution < 1.29 is 44.6 Å². The third-order valence-electron chi connectivity index (χ3n) is 6.71. The van der Waals surface area contributed by atoms with Crippen LogP contribution in [0.4, 0.5) is 4.39 Å². The molecule has 226 valence electrons. The number of carboxylic acid groups (broad SMARTS) is 2. The Labute approximate surface area is 240 Å². The van der Waals surface area contributed by atoms with E-state index in [1.807, 2.05) is 33.9 Å². The Balaban J connectivity index is 2.63. The maximum Gasteiger partial charge on any atom is 0.305 e. The molecule has 9 nitrogen and oxygen atoms in total. The summed E-state index contributed by atoms with van der Waals surface area (Å²) >= 11 is 0. The van der Waals surface area contributed by atoms with Gasteiger partial charge in [0.05, 0.1) is 43.3 Å². The molecule has 41 heavy (non-hydrogen) atoms. The van der Waals surface area contributed by atoms with Crippen LogP contribution in [0.25, 0.3) is 5.57 Å². The Bertz CT molecular complexity index is 1160. The van der Waals surface area contributed by atoms with Gasteiger partial charge in [-0.15, -0.1) is 0 Å². The Kier molecular flexibility index (Phi) is 12.9. The molecule has 0 amide bonds. The normalized spacial score (nSPS) is 19.2. The van der Waals surface area contributed by atoms with Gasteiger partial charge in [0, 0.05) is 25.1 Å². The lowest BCUT2D eigenvalue weighted by Gasteiger charge is -2.42. The van der Waals surface area contributed by atoms with E-state index in [2.05, 4.69) is 4.90 Å². The van der Waals surface area contributed by atoms with Crippen LogP contribution < -0.4 is 0 Å². The summed E-state index contributed by atoms with van der Waals surface area (Å²) in [5, 5.41) is 58.8. The number of rotatable bonds is 15. The first kappa shape index (κ1) is 33.9. The van der Waals surface area contributed by atoms with E-state index in [4.69, 9.17) is 10.2 Å². The third-order valence-corrected chi connectivity index (χ3v) is 6.71. The molecule has 0 aliphatic carbocycles. The van der Waals surface area contributed by atoms with Gasteiger partial charge in [0.25, 0.3) is 0 Å². The van der Waals surface area contributed by atoms with Crippen molar-refractivity contribution in [3.05, 3.63) is 77.3 Å². The lowest BCUT2D eigenvalue weighted by Crippen LogP contribution is -2.43. The van der Waals surface area contributed by atoms with Crippen LogP contribution in [-0.2, 0) is 9.59 Å². The number of hydrogen-bond acceptors (Lipinski definition) is 7. The molecule has 1 heterocycles. The lowest BCUT2D eigenvalue weighted by atomic mass is 9.81. The molecule has 1 aromatic rings. The summed E-state index contributed by atoms with van der Waals surface area (Å²) in [7, 11) is 0. The standard InChI is InChI=1S/C31H42FNO8/c1-18(2)31-27(12-11-24(35)14-26(37)16-29(40)41)30(20-5-8-22(32)9-6-20)21(17-33(31)19(3)4)7-10-23(34)13-25(36)15-28(38)39/h5-12,17-19,23-26,31,34-37H,13-16H2,1-4H3,(H,38,39)(H,40,41). The third kappa shape index (κ3) is 10.6. The maximum absolute atomic E-state index is 13.9. The summed E-state index contributed by atoms with van der Waals surface area (Å²) in [6.45, 7) is 8.13. The van der Waals surface area contributed by atoms with E-state index in [0.717, 1.165) is 5.57 Å². The topological polar surface area (TPSA) is 159 Å². The van der Waals surface area contributed by atoms with E-state index in [1.165, 1.54) is 24.3 Å². The highest BCUT2D eigenvalue weighted by atomic mass is 19.1. The van der Waals surface area contributed by atoms with Crippen LogP contribution >= 0.6 is 0 Å². The molecular weight excluding hydrogens is 533 g/mol. The molecule has 6 N–H and O–H groups in total. The Hall–Kier alpha value is -3.31. The van der Waals surface area contributed by atoms with Gasteiger partial charge in [-0.05, 0) is 54.2 Å². The van der Waals surface area contributed by atoms with Crippen LogP contribution in [0.5, 0.6) is 0 Å². The van der Waals surface area contributed by atoms with Crippen LogP contribution in [0.1, 0.15) is 58.9 Å². The van der Waals surface area contributed by atoms with Gasteiger partial charge in [-0.25, -0.2) is 4.39 Å². The van der Waals surface area contributed by atoms with Crippen LogP contribution in [0.15, 0.2) is 65.9 Å². The van der Waals surface area contributed by atoms with E-state index in [-0.39, 0.29) is 30.8 Å². The molecule has 0 bridgehead atoms. The van der Waals surface area contributed by atoms with E-state index < -0.39 is 55.0 Å². The molecular formula is C31H42FNO8. The van der Waals surface area contributed by atoms with Crippen molar-refractivity contribution in [3.8, 4) is 0 Å². The molecule has 1 aliphatic heterocycles. The van der Waals surface area contributed by atoms with E-state index in [9.17, 15) is 34.4 Å². The van der Waals surface area contributed by atoms with Gasteiger partial charge in [0.1, 0.15) is 5.82 Å². The molecule has 5 atom stereocenters. The quantitative estimate of drug-likeness (QED) is 0.184. The lowest BCUT2D eigenvalue weighted by molar-refractivity contribution is -0.140. The van der Waals surface area contributed by atoms with E-state index >= 15 is 0 Å². The summed E-state index contributed by atoms with van der Waals surface area (Å²) in [5.74, 6) is -2.68. The van der Waals surface area contributed by atoms with E-state index in [0.29, 0.717) is 16.7 Å². The minimum Gasteiger partial charge on any atom is -0.481 e. The predicted molar refractivity (Wildman–Crippen MR) is 153 cm³/mol. The molecule has 2 rings (SSSR count). The number of nitrogens with zero attached hydrogens (tertiary/aromatic N) is 1. The van der Waals surface area contributed by atoms with Crippen LogP contribution in [0, 0.1) is 11.7 Å². The highest BCUT2D eigenvalue weighted by molar-refractivity contribution is 5.87. The maximum atomic E-state index is 13.9. The largest absolute Gasteiger partial charge is 0.481 e. The average Bonchev–Trinajstić information content (AvgIpc) is 2.84. The average molecular weight is 576 g/mol. The predicted octanol–water partition coefficient (Wildman–Crippen LogP) is 3.50. The van der Waals surface area contributed by atoms with Crippen LogP contribution in [0.2, 0.25) is 0 Å². The van der Waals surface area contributed by atoms with Gasteiger partial charge in [-0.1, -0.05) is 50.3 Å². The first-order valence-corrected chi connectivity index (χ1v) is 13.7. The second-order valence-corrected chi connectivity index (χ2v) is 11.0. The summed E-state index contributed by atoms with van der Waals surface area (Å²) < 4.78 is 13.9. The molecule has 0 fully saturated rings. The zero-order valence-electron chi connectivity index (χ0n) is 23.9. The van der Waals surface area contributed by atoms with Gasteiger partial charge < -0.3 is 35.5 Å². The molecule has 5 unspecified atom stereocenters. The summed E-state index contributed by atoms with van der Waals surface area (Å²) in [4.78, 5) is 23.9. The molecule has 0 saturated carbocycles. The second kappa shape index (κ2) is 15.6. The van der Waals surface area contributed by atoms with Crippen molar-refractivity contribution >= 4 is 17.5 Å². The Morgan fingerprint density at radius 3 is 1.78 bits per heavy atom. The zero-order valence-corrected chi connectivity index (χ0v) is 23.9. The minimum absolute atomic E-state index is 0.0357. The number of benzene rings is 1. The fourth-order valence-corrected chi connectivity index (χ4v) is 4.93. The number of hydrogen-bond donors (Lipinski definition) is 6. The Morgan fingerprint density at radius 1 is 0.854 bits per heavy atom. The SMILES string of the molecule is CC(C)C1C(C=CC(O)CC(O)CC(=O)O)=C(c2ccc(F)cc2)C(C=CC(O)CC(O)CC(=O)O)=CN1C(C)C. The molecule has 1 aliphatic rings. The fraction of sp³-hybridized carbons (Fsp3) is 0.484. The highest BCUT2D eigenvalue weighted by Crippen LogP contribution is 2.39. The van der Waals surface area contributed by atoms with Gasteiger partial charge in [0.15, 0.2) is 0 Å². The van der Waals surface area contributed by atoms with Crippen molar-refractivity contribution in [1.82, 2.24) is 4.90 Å². The number of aliphatic hydroxyl groups excluding tert-OH is 4. The number of carboxylic acids is 2. The zero-order chi connectivity index (χ0) is 30.9. The van der Waals surface area contributed by atoms with Crippen molar-refractivity contribution in [2.24, 2.45) is 5.92 Å². The first-order chi connectivity index (χ1) is 19.2. The van der Waals surface area contributed by atoms with Crippen LogP contribution in [0.3, 0.4) is 0 Å². The molecule has 1 aromatic carbocycles. The number of carbonyl (C=O) groups is 2. The van der Waals surface area contributed by atoms with Gasteiger partial charge in [0.2, 0.25) is 0 Å². The Morgan fingerprint density at radius 2 is 1.34 bits per heavy atom. The van der Waals surface area contributed by atoms with Crippen molar-refractivity contribution in [2.45, 2.75) is 89.9 Å². The number of halogens is 1. The molecule has 0 aromatic heterocycles. The summed E-state index contributed by atoms with van der Waals surface area (Å²) in [6, 6.07) is 5.78. The van der Waals surface area contributed by atoms with Gasteiger partial charge in [-0.2, -0.15) is 0 Å². The van der Waals surface area contributed by atoms with Gasteiger partial charge in [-0.3, -0.25) is 9.59 Å². The highest BCUT2D eigenvalue weighted by Gasteiger charge is 2.32. The monoisotopic (exact) mass is 575 g/mol. The van der Waals surface area contributed by atoms with Crippen LogP contribution in [-0.4, -0.2) is 84.0 Å². The summed E-state index contributed by atoms with van der Waals surface area (Å²) in [5.41, 5.74) is 2.84. The number of aliphatic carboxylic acids is 2. The number of aliphatic hydroxyl groups is 4. The second-order valence-electron chi connectivity index (χ2n) is 11.0. The fourth-order valence-electron chi connectivity index (χ4n) is 4.93. The van der Waals surface area contributed by atoms with E-state index in [1.54, 1.807) is 24.3 Å². The minimum atomic E-state index is -1.23. The van der Waals surface area contributed by atoms with Gasteiger partial charge >= 0.3 is 11.9 Å². The van der Waals surface area contributed by atoms with Crippen molar-refractivity contribution in [1.29, 1.82) is 0 Å². The smallest absolute Gasteiger partial charge is 0.305 e. The number of allylic oxidation sites excluding steroid dienone is 3. The first-order valence-electron chi connectivity index (χ1n) is 13.7. The molecule has 0 spiro atoms. The van der Waals surface area contributed by atoms with Crippen molar-refractivity contribution in [3.63, 3.8) is 0 Å². The molecule has 0 radical (unpaired) electrons. The summed E-state index contributed by atoms with van der Waals surface area (Å²) in [6.07, 6.45) is 2.26. The van der Waals surface area contributed by atoms with Crippen molar-refractivity contribution in [2.75, 3.05) is 0 Å².